The van der Waals surface area contributed by atoms with Crippen molar-refractivity contribution < 1.29 is 24.7 Å². The predicted octanol–water partition coefficient (Wildman–Crippen LogP) is 0.574. The molecule has 34 heavy (non-hydrogen) atoms. The summed E-state index contributed by atoms with van der Waals surface area (Å²) in [5.41, 5.74) is 3.72. The zero-order valence-corrected chi connectivity index (χ0v) is 19.0. The van der Waals surface area contributed by atoms with Crippen LogP contribution in [0.4, 0.5) is 5.69 Å². The lowest BCUT2D eigenvalue weighted by atomic mass is 10.1. The number of benzene rings is 2. The number of hydrogen-bond acceptors (Lipinski definition) is 6. The molecule has 3 amide bonds. The van der Waals surface area contributed by atoms with E-state index in [9.17, 15) is 19.5 Å². The third kappa shape index (κ3) is 8.41. The van der Waals surface area contributed by atoms with Gasteiger partial charge in [-0.15, -0.1) is 0 Å². The second-order valence-corrected chi connectivity index (χ2v) is 7.61. The van der Waals surface area contributed by atoms with Crippen molar-refractivity contribution in [3.63, 3.8) is 0 Å². The van der Waals surface area contributed by atoms with E-state index in [0.29, 0.717) is 17.8 Å². The highest BCUT2D eigenvalue weighted by Gasteiger charge is 2.25. The van der Waals surface area contributed by atoms with E-state index >= 15 is 0 Å². The number of nitrogens with one attached hydrogen (secondary N) is 3. The van der Waals surface area contributed by atoms with Gasteiger partial charge in [0.15, 0.2) is 0 Å². The van der Waals surface area contributed by atoms with Crippen molar-refractivity contribution in [3.8, 4) is 23.7 Å². The molecule has 0 heterocycles. The molecule has 9 nitrogen and oxygen atoms in total. The van der Waals surface area contributed by atoms with Gasteiger partial charge in [-0.1, -0.05) is 11.8 Å². The summed E-state index contributed by atoms with van der Waals surface area (Å²) in [6, 6.07) is 12.1. The van der Waals surface area contributed by atoms with Gasteiger partial charge in [-0.05, 0) is 81.4 Å². The summed E-state index contributed by atoms with van der Waals surface area (Å²) in [4.78, 5) is 37.4. The van der Waals surface area contributed by atoms with Gasteiger partial charge in [-0.3, -0.25) is 19.6 Å². The SMILES string of the molecule is CC(O)C(NC(=O)c1ccc(C#CC#Cc2ccc(NC(=O)CN(C)C)cc2)cc1)C(=O)NO. The average molecular weight is 463 g/mol. The molecule has 0 aromatic heterocycles. The van der Waals surface area contributed by atoms with Crippen LogP contribution in [0.5, 0.6) is 0 Å². The first kappa shape index (κ1) is 26.1. The molecule has 0 bridgehead atoms. The summed E-state index contributed by atoms with van der Waals surface area (Å²) < 4.78 is 0. The van der Waals surface area contributed by atoms with Crippen LogP contribution in [0.1, 0.15) is 28.4 Å². The molecular formula is C25H26N4O5. The Kier molecular flexibility index (Phi) is 9.81. The van der Waals surface area contributed by atoms with E-state index in [1.54, 1.807) is 41.3 Å². The quantitative estimate of drug-likeness (QED) is 0.232. The fraction of sp³-hybridized carbons (Fsp3) is 0.240. The molecule has 0 aliphatic heterocycles. The molecule has 0 fully saturated rings. The van der Waals surface area contributed by atoms with Crippen LogP contribution < -0.4 is 16.1 Å². The number of carbonyl (C=O) groups excluding carboxylic acids is 3. The van der Waals surface area contributed by atoms with E-state index < -0.39 is 24.0 Å². The highest BCUT2D eigenvalue weighted by atomic mass is 16.5. The predicted molar refractivity (Wildman–Crippen MR) is 127 cm³/mol. The Morgan fingerprint density at radius 2 is 1.47 bits per heavy atom. The molecule has 176 valence electrons. The van der Waals surface area contributed by atoms with Gasteiger partial charge in [0, 0.05) is 22.4 Å². The Balaban J connectivity index is 1.96. The lowest BCUT2D eigenvalue weighted by Crippen LogP contribution is -2.51. The Hall–Kier alpha value is -4.15. The lowest BCUT2D eigenvalue weighted by molar-refractivity contribution is -0.133. The fourth-order valence-corrected chi connectivity index (χ4v) is 2.74. The van der Waals surface area contributed by atoms with Crippen LogP contribution in [0.15, 0.2) is 48.5 Å². The van der Waals surface area contributed by atoms with Crippen LogP contribution in [-0.4, -0.2) is 65.7 Å². The topological polar surface area (TPSA) is 131 Å². The molecule has 0 spiro atoms. The largest absolute Gasteiger partial charge is 0.391 e. The number of anilines is 1. The Morgan fingerprint density at radius 1 is 0.941 bits per heavy atom. The zero-order valence-electron chi connectivity index (χ0n) is 19.0. The second-order valence-electron chi connectivity index (χ2n) is 7.61. The first-order chi connectivity index (χ1) is 16.2. The molecule has 2 aromatic carbocycles. The maximum atomic E-state index is 12.3. The van der Waals surface area contributed by atoms with Crippen LogP contribution in [0.2, 0.25) is 0 Å². The van der Waals surface area contributed by atoms with Crippen molar-refractivity contribution in [2.24, 2.45) is 0 Å². The number of hydroxylamine groups is 1. The van der Waals surface area contributed by atoms with Crippen LogP contribution in [0.25, 0.3) is 0 Å². The van der Waals surface area contributed by atoms with E-state index in [-0.39, 0.29) is 11.5 Å². The number of hydrogen-bond donors (Lipinski definition) is 5. The fourth-order valence-electron chi connectivity index (χ4n) is 2.74. The number of aliphatic hydroxyl groups is 1. The Morgan fingerprint density at radius 3 is 1.94 bits per heavy atom. The van der Waals surface area contributed by atoms with Crippen molar-refractivity contribution in [2.45, 2.75) is 19.1 Å². The molecule has 0 saturated carbocycles. The number of likely N-dealkylation sites (N-methyl/N-ethyl adjacent to an activating group) is 1. The summed E-state index contributed by atoms with van der Waals surface area (Å²) in [6.45, 7) is 1.62. The summed E-state index contributed by atoms with van der Waals surface area (Å²) in [5.74, 6) is 9.66. The summed E-state index contributed by atoms with van der Waals surface area (Å²) in [7, 11) is 3.64. The van der Waals surface area contributed by atoms with Crippen molar-refractivity contribution in [1.29, 1.82) is 0 Å². The van der Waals surface area contributed by atoms with Gasteiger partial charge in [0.05, 0.1) is 12.6 Å². The first-order valence-corrected chi connectivity index (χ1v) is 10.3. The standard InChI is InChI=1S/C25H26N4O5/c1-17(30)23(25(33)28-34)27-24(32)20-12-8-18(9-13-20)6-4-5-7-19-10-14-21(15-11-19)26-22(31)16-29(2)3/h8-15,17,23,30,34H,16H2,1-3H3,(H,26,31)(H,27,32)(H,28,33). The molecule has 2 aromatic rings. The maximum Gasteiger partial charge on any atom is 0.268 e. The highest BCUT2D eigenvalue weighted by Crippen LogP contribution is 2.09. The van der Waals surface area contributed by atoms with Gasteiger partial charge >= 0.3 is 0 Å². The van der Waals surface area contributed by atoms with Crippen LogP contribution in [0.3, 0.4) is 0 Å². The van der Waals surface area contributed by atoms with Gasteiger partial charge in [-0.25, -0.2) is 5.48 Å². The molecule has 2 atom stereocenters. The zero-order chi connectivity index (χ0) is 25.1. The van der Waals surface area contributed by atoms with Crippen LogP contribution in [-0.2, 0) is 9.59 Å². The minimum absolute atomic E-state index is 0.100. The van der Waals surface area contributed by atoms with Gasteiger partial charge in [0.2, 0.25) is 5.91 Å². The molecule has 5 N–H and O–H groups in total. The number of aliphatic hydroxyl groups excluding tert-OH is 1. The van der Waals surface area contributed by atoms with E-state index in [4.69, 9.17) is 5.21 Å². The maximum absolute atomic E-state index is 12.3. The number of amides is 3. The van der Waals surface area contributed by atoms with Crippen molar-refractivity contribution in [2.75, 3.05) is 26.0 Å². The molecule has 0 aliphatic rings. The second kappa shape index (κ2) is 12.8. The van der Waals surface area contributed by atoms with Crippen molar-refractivity contribution >= 4 is 23.4 Å². The average Bonchev–Trinajstić information content (AvgIpc) is 2.80. The minimum atomic E-state index is -1.30. The summed E-state index contributed by atoms with van der Waals surface area (Å²) in [5, 5.41) is 23.5. The monoisotopic (exact) mass is 462 g/mol. The third-order valence-electron chi connectivity index (χ3n) is 4.41. The summed E-state index contributed by atoms with van der Waals surface area (Å²) in [6.07, 6.45) is -1.20. The molecule has 2 rings (SSSR count). The van der Waals surface area contributed by atoms with Crippen LogP contribution in [0, 0.1) is 23.7 Å². The van der Waals surface area contributed by atoms with Gasteiger partial charge in [-0.2, -0.15) is 0 Å². The summed E-state index contributed by atoms with van der Waals surface area (Å²) >= 11 is 0. The number of nitrogens with zero attached hydrogens (tertiary/aromatic N) is 1. The van der Waals surface area contributed by atoms with E-state index in [2.05, 4.69) is 34.3 Å². The molecule has 0 saturated heterocycles. The van der Waals surface area contributed by atoms with Crippen LogP contribution >= 0.6 is 0 Å². The molecule has 2 unspecified atom stereocenters. The molecular weight excluding hydrogens is 436 g/mol. The minimum Gasteiger partial charge on any atom is -0.391 e. The van der Waals surface area contributed by atoms with Gasteiger partial charge < -0.3 is 20.6 Å². The lowest BCUT2D eigenvalue weighted by Gasteiger charge is -2.19. The number of carbonyl (C=O) groups is 3. The number of rotatable bonds is 7. The van der Waals surface area contributed by atoms with E-state index in [1.165, 1.54) is 24.5 Å². The Bertz CT molecular complexity index is 1130. The smallest absolute Gasteiger partial charge is 0.268 e. The van der Waals surface area contributed by atoms with E-state index in [1.807, 2.05) is 14.1 Å². The van der Waals surface area contributed by atoms with Crippen molar-refractivity contribution in [1.82, 2.24) is 15.7 Å². The third-order valence-corrected chi connectivity index (χ3v) is 4.41. The first-order valence-electron chi connectivity index (χ1n) is 10.3. The van der Waals surface area contributed by atoms with Gasteiger partial charge in [0.1, 0.15) is 6.04 Å². The normalized spacial score (nSPS) is 11.7. The molecule has 9 heteroatoms. The molecule has 0 aliphatic carbocycles. The van der Waals surface area contributed by atoms with Gasteiger partial charge in [0.25, 0.3) is 11.8 Å². The Labute approximate surface area is 198 Å². The molecule has 0 radical (unpaired) electrons. The van der Waals surface area contributed by atoms with E-state index in [0.717, 1.165) is 5.56 Å². The highest BCUT2D eigenvalue weighted by molar-refractivity contribution is 5.97. The van der Waals surface area contributed by atoms with Crippen molar-refractivity contribution in [3.05, 3.63) is 65.2 Å².